The molecule has 0 radical (unpaired) electrons. The van der Waals surface area contributed by atoms with Crippen LogP contribution in [-0.2, 0) is 59.9 Å². The summed E-state index contributed by atoms with van der Waals surface area (Å²) in [5.41, 5.74) is -2.36. The fourth-order valence-electron chi connectivity index (χ4n) is 10.9. The van der Waals surface area contributed by atoms with E-state index in [4.69, 9.17) is 51.6 Å². The van der Waals surface area contributed by atoms with Crippen molar-refractivity contribution in [3.8, 4) is 0 Å². The first-order valence-corrected chi connectivity index (χ1v) is 49.0. The number of para-hydroxylation sites is 1. The maximum Gasteiger partial charge on any atom is 0.330 e. The number of ether oxygens (including phenoxy) is 5. The van der Waals surface area contributed by atoms with Crippen molar-refractivity contribution >= 4 is 54.9 Å². The summed E-state index contributed by atoms with van der Waals surface area (Å²) >= 11 is 3.32. The summed E-state index contributed by atoms with van der Waals surface area (Å²) in [6.45, 7) is 47.4. The Bertz CT molecular complexity index is 4390. The molecule has 12 atom stereocenters. The predicted octanol–water partition coefficient (Wildman–Crippen LogP) is 7.96. The average molecular weight is 1660 g/mol. The van der Waals surface area contributed by atoms with Gasteiger partial charge in [0.15, 0.2) is 33.3 Å². The number of nitro groups is 1. The maximum atomic E-state index is 12.6. The Morgan fingerprint density at radius 1 is 0.481 bits per heavy atom. The van der Waals surface area contributed by atoms with Gasteiger partial charge >= 0.3 is 22.8 Å². The van der Waals surface area contributed by atoms with Crippen molar-refractivity contribution in [2.75, 3.05) is 26.4 Å². The van der Waals surface area contributed by atoms with Crippen molar-refractivity contribution in [1.82, 2.24) is 38.2 Å². The van der Waals surface area contributed by atoms with Crippen LogP contribution in [0.15, 0.2) is 87.4 Å². The summed E-state index contributed by atoms with van der Waals surface area (Å²) in [4.78, 5) is 115. The van der Waals surface area contributed by atoms with Gasteiger partial charge in [0.2, 0.25) is 0 Å². The fraction of sp³-hybridized carbons (Fsp3) is 0.690. The minimum atomic E-state index is -2.07. The zero-order chi connectivity index (χ0) is 81.5. The van der Waals surface area contributed by atoms with Crippen LogP contribution in [0.3, 0.4) is 0 Å². The molecule has 4 aromatic heterocycles. The van der Waals surface area contributed by atoms with E-state index in [0.29, 0.717) is 53.6 Å². The van der Waals surface area contributed by atoms with Crippen LogP contribution in [-0.4, -0.2) is 172 Å². The molecule has 5 aromatic rings. The molecule has 4 saturated heterocycles. The van der Waals surface area contributed by atoms with Gasteiger partial charge in [-0.25, -0.2) is 19.2 Å². The third-order valence-corrected chi connectivity index (χ3v) is 40.5. The summed E-state index contributed by atoms with van der Waals surface area (Å²) in [5.74, 6) is 0. The van der Waals surface area contributed by atoms with E-state index in [1.807, 2.05) is 0 Å². The van der Waals surface area contributed by atoms with Gasteiger partial charge < -0.3 is 61.8 Å². The summed E-state index contributed by atoms with van der Waals surface area (Å²) < 4.78 is 60.6. The van der Waals surface area contributed by atoms with Gasteiger partial charge in [0.25, 0.3) is 27.9 Å². The van der Waals surface area contributed by atoms with Gasteiger partial charge in [0.1, 0.15) is 49.3 Å². The van der Waals surface area contributed by atoms with E-state index in [1.54, 1.807) is 38.4 Å². The number of aliphatic hydroxyl groups excluding tert-OH is 4. The van der Waals surface area contributed by atoms with E-state index in [-0.39, 0.29) is 99.6 Å². The zero-order valence-electron chi connectivity index (χ0n) is 66.5. The molecule has 1 aromatic carbocycles. The van der Waals surface area contributed by atoms with E-state index >= 15 is 0 Å². The number of aromatic nitrogens is 8. The Balaban J connectivity index is 0.000000230. The molecule has 4 aliphatic heterocycles. The van der Waals surface area contributed by atoms with Crippen molar-refractivity contribution < 1.29 is 66.7 Å². The first-order valence-electron chi connectivity index (χ1n) is 36.2. The highest BCUT2D eigenvalue weighted by molar-refractivity contribution is 9.08. The predicted molar refractivity (Wildman–Crippen MR) is 420 cm³/mol. The molecule has 0 amide bonds. The lowest BCUT2D eigenvalue weighted by Gasteiger charge is -2.40. The number of rotatable bonds is 22. The summed E-state index contributed by atoms with van der Waals surface area (Å²) in [7, 11) is -8.07. The number of H-pyrrole nitrogens is 4. The molecule has 0 unspecified atom stereocenters. The smallest absolute Gasteiger partial charge is 0.330 e. The molecule has 0 spiro atoms. The average Bonchev–Trinajstić information content (AvgIpc) is 1.64. The SMILES string of the molecule is CC(C)(C)[Si](C)(C)OC[C@H]1O[C@@H](n2cc(CBr)c(=O)[nH]c2=O)C[C@H]1O[Si](C)(C)C(C)(C)C.Cc1cn([C@H]2C[C@@H](O)[C@@H](CO)O2)c(=O)[nH]c1=O.Cc1cn([C@H]2C[C@@H](O[Si](C)(C)C(C)(C)C)[C@@H](CO[Si](C)(C)C(C)(C)C)O2)c(=O)[nH]c1=O.O=c1[nH]c(=O)n([C@H]2C[C@@H](O)[C@@H](CO)O2)cc1COCc1ccccc1[N+](=O)[O-]. The van der Waals surface area contributed by atoms with Gasteiger partial charge in [-0.1, -0.05) is 111 Å². The number of aromatic amines is 4. The van der Waals surface area contributed by atoms with Crippen LogP contribution in [0.5, 0.6) is 0 Å². The number of hydrogen-bond donors (Lipinski definition) is 8. The lowest BCUT2D eigenvalue weighted by molar-refractivity contribution is -0.386. The van der Waals surface area contributed by atoms with Crippen LogP contribution in [0.1, 0.15) is 161 Å². The molecular formula is C71H116BrN9O23Si4. The third kappa shape index (κ3) is 23.0. The van der Waals surface area contributed by atoms with Crippen molar-refractivity contribution in [2.45, 2.75) is 287 Å². The Labute approximate surface area is 640 Å². The maximum absolute atomic E-state index is 12.6. The number of hydrogen-bond acceptors (Lipinski definition) is 23. The van der Waals surface area contributed by atoms with Gasteiger partial charge in [-0.15, -0.1) is 0 Å². The highest BCUT2D eigenvalue weighted by Gasteiger charge is 2.49. The second kappa shape index (κ2) is 36.3. The molecule has 0 saturated carbocycles. The van der Waals surface area contributed by atoms with E-state index in [9.17, 15) is 58.7 Å². The number of nitrogens with one attached hydrogen (secondary N) is 4. The Kier molecular flexibility index (Phi) is 30.6. The van der Waals surface area contributed by atoms with Gasteiger partial charge in [-0.3, -0.25) is 67.5 Å². The first kappa shape index (κ1) is 91.0. The zero-order valence-corrected chi connectivity index (χ0v) is 72.1. The van der Waals surface area contributed by atoms with Gasteiger partial charge in [-0.2, -0.15) is 0 Å². The van der Waals surface area contributed by atoms with Crippen molar-refractivity contribution in [3.63, 3.8) is 0 Å². The molecule has 32 nitrogen and oxygen atoms in total. The molecule has 9 rings (SSSR count). The molecule has 4 fully saturated rings. The highest BCUT2D eigenvalue weighted by atomic mass is 79.9. The molecule has 606 valence electrons. The third-order valence-electron chi connectivity index (χ3n) is 21.9. The number of aryl methyl sites for hydroxylation is 2. The lowest BCUT2D eigenvalue weighted by atomic mass is 10.2. The monoisotopic (exact) mass is 1650 g/mol. The van der Waals surface area contributed by atoms with Crippen molar-refractivity contribution in [2.24, 2.45) is 0 Å². The Morgan fingerprint density at radius 2 is 0.796 bits per heavy atom. The van der Waals surface area contributed by atoms with Crippen LogP contribution in [0.25, 0.3) is 0 Å². The molecule has 37 heteroatoms. The van der Waals surface area contributed by atoms with Crippen molar-refractivity contribution in [3.05, 3.63) is 170 Å². The standard InChI is InChI=1S/C22H41BrN2O5Si2.C22H42N2O5Si2.C17H19N3O8.C10H14N2O5/c1-21(2,3)31(7,8)28-14-17-16(30-32(9,10)22(4,5)6)11-18(29-17)25-13-15(12-23)19(26)24-20(25)27;1-15-13-24(20(26)23-19(15)25)18-12-16(29-31(10,11)22(5,6)7)17(28-18)14-27-30(8,9)21(2,3)4;21-7-14-13(22)5-15(28-14)19-6-11(16(23)18-17(19)24)9-27-8-10-3-1-2-4-12(10)20(25)26;1-5-3-12(10(16)11-9(5)15)8-2-6(14)7(4-13)17-8/h13,16-18H,11-12,14H2,1-10H3,(H,24,26,27);13,16-18H,12,14H2,1-11H3,(H,23,25,26);1-4,6,13-15,21-22H,5,7-9H2,(H,18,23,24);3,6-8,13-14H,2,4H2,1H3,(H,11,15,16)/t2*16-,17-,18-;13-,14-,15-;6-,7-,8-/m1111/s1. The number of nitro benzene ring substituents is 1. The summed E-state index contributed by atoms with van der Waals surface area (Å²) in [6, 6.07) is 6.08. The quantitative estimate of drug-likeness (QED) is 0.0141. The normalized spacial score (nSPS) is 23.7. The summed E-state index contributed by atoms with van der Waals surface area (Å²) in [5, 5.41) is 49.1. The van der Waals surface area contributed by atoms with Crippen LogP contribution >= 0.6 is 15.9 Å². The Morgan fingerprint density at radius 3 is 1.14 bits per heavy atom. The first-order chi connectivity index (χ1) is 49.7. The second-order valence-corrected chi connectivity index (χ2v) is 53.7. The van der Waals surface area contributed by atoms with Crippen molar-refractivity contribution in [1.29, 1.82) is 0 Å². The topological polar surface area (TPSA) is 427 Å². The largest absolute Gasteiger partial charge is 0.414 e. The van der Waals surface area contributed by atoms with Crippen LogP contribution < -0.4 is 45.0 Å². The molecule has 0 bridgehead atoms. The van der Waals surface area contributed by atoms with E-state index in [0.717, 1.165) is 4.57 Å². The molecular weight excluding hydrogens is 1540 g/mol. The van der Waals surface area contributed by atoms with E-state index < -0.39 is 128 Å². The Hall–Kier alpha value is -5.83. The van der Waals surface area contributed by atoms with Gasteiger partial charge in [-0.05, 0) is 92.4 Å². The lowest BCUT2D eigenvalue weighted by Crippen LogP contribution is -2.48. The number of aliphatic hydroxyl groups is 4. The molecule has 8 heterocycles. The van der Waals surface area contributed by atoms with Crippen LogP contribution in [0.4, 0.5) is 5.69 Å². The minimum Gasteiger partial charge on any atom is -0.414 e. The number of halogens is 1. The molecule has 8 N–H and O–H groups in total. The molecule has 108 heavy (non-hydrogen) atoms. The van der Waals surface area contributed by atoms with Gasteiger partial charge in [0.05, 0.1) is 80.1 Å². The fourth-order valence-corrected chi connectivity index (χ4v) is 16.0. The van der Waals surface area contributed by atoms with E-state index in [2.05, 4.69) is 171 Å². The number of nitrogens with zero attached hydrogens (tertiary/aromatic N) is 5. The summed E-state index contributed by atoms with van der Waals surface area (Å²) in [6.07, 6.45) is 0.482. The van der Waals surface area contributed by atoms with Gasteiger partial charge in [0, 0.05) is 78.6 Å². The van der Waals surface area contributed by atoms with Crippen LogP contribution in [0, 0.1) is 24.0 Å². The highest BCUT2D eigenvalue weighted by Crippen LogP contribution is 2.45. The molecule has 0 aliphatic carbocycles. The second-order valence-electron chi connectivity index (χ2n) is 34.0. The number of alkyl halides is 1. The van der Waals surface area contributed by atoms with Crippen LogP contribution in [0.2, 0.25) is 72.5 Å². The van der Waals surface area contributed by atoms with E-state index in [1.165, 1.54) is 38.2 Å². The number of benzene rings is 1. The minimum absolute atomic E-state index is 0.0495. The molecule has 4 aliphatic rings.